The molecule has 0 aromatic heterocycles. The molecule has 0 aliphatic carbocycles. The summed E-state index contributed by atoms with van der Waals surface area (Å²) < 4.78 is 10.8. The van der Waals surface area contributed by atoms with E-state index in [4.69, 9.17) is 21.1 Å². The van der Waals surface area contributed by atoms with Gasteiger partial charge in [-0.05, 0) is 26.2 Å². The minimum atomic E-state index is -0.0192. The zero-order chi connectivity index (χ0) is 8.81. The second kappa shape index (κ2) is 5.79. The van der Waals surface area contributed by atoms with E-state index in [1.165, 1.54) is 0 Å². The van der Waals surface area contributed by atoms with Gasteiger partial charge < -0.3 is 9.47 Å². The van der Waals surface area contributed by atoms with Crippen LogP contribution in [0.3, 0.4) is 0 Å². The molecule has 12 heavy (non-hydrogen) atoms. The van der Waals surface area contributed by atoms with Crippen molar-refractivity contribution in [3.63, 3.8) is 0 Å². The summed E-state index contributed by atoms with van der Waals surface area (Å²) in [6.45, 7) is 4.85. The van der Waals surface area contributed by atoms with Crippen LogP contribution in [0.25, 0.3) is 0 Å². The Labute approximate surface area is 79.2 Å². The third-order valence-electron chi connectivity index (χ3n) is 1.68. The smallest absolute Gasteiger partial charge is 0.0975 e. The molecule has 0 saturated carbocycles. The molecule has 0 unspecified atom stereocenters. The Morgan fingerprint density at radius 3 is 2.83 bits per heavy atom. The van der Waals surface area contributed by atoms with Crippen LogP contribution in [-0.4, -0.2) is 31.3 Å². The normalized spacial score (nSPS) is 30.5. The van der Waals surface area contributed by atoms with E-state index < -0.39 is 0 Å². The van der Waals surface area contributed by atoms with Gasteiger partial charge in [0.1, 0.15) is 0 Å². The summed E-state index contributed by atoms with van der Waals surface area (Å²) >= 11 is 5.69. The van der Waals surface area contributed by atoms with Crippen molar-refractivity contribution in [1.82, 2.24) is 0 Å². The van der Waals surface area contributed by atoms with E-state index in [-0.39, 0.29) is 12.2 Å². The molecule has 1 aliphatic rings. The Balaban J connectivity index is 2.26. The van der Waals surface area contributed by atoms with E-state index >= 15 is 0 Å². The number of alkyl halides is 1. The Kier molecular flexibility index (Phi) is 4.96. The number of halogens is 1. The summed E-state index contributed by atoms with van der Waals surface area (Å²) in [4.78, 5) is 0. The predicted octanol–water partition coefficient (Wildman–Crippen LogP) is 1.46. The lowest BCUT2D eigenvalue weighted by molar-refractivity contribution is -0.116. The molecule has 1 saturated heterocycles. The summed E-state index contributed by atoms with van der Waals surface area (Å²) in [7, 11) is 0. The third-order valence-corrected chi connectivity index (χ3v) is 1.99. The largest absolute Gasteiger partial charge is 0.373 e. The van der Waals surface area contributed by atoms with Crippen molar-refractivity contribution < 1.29 is 9.47 Å². The summed E-state index contributed by atoms with van der Waals surface area (Å²) in [6, 6.07) is 0. The predicted molar refractivity (Wildman–Crippen MR) is 48.5 cm³/mol. The first kappa shape index (κ1) is 10.3. The van der Waals surface area contributed by atoms with Crippen molar-refractivity contribution in [3.05, 3.63) is 26.2 Å². The van der Waals surface area contributed by atoms with Crippen molar-refractivity contribution >= 4 is 11.6 Å². The zero-order valence-corrected chi connectivity index (χ0v) is 7.67. The molecule has 0 amide bonds. The van der Waals surface area contributed by atoms with E-state index in [1.54, 1.807) is 6.42 Å². The Morgan fingerprint density at radius 2 is 2.17 bits per heavy atom. The van der Waals surface area contributed by atoms with Gasteiger partial charge in [0.05, 0.1) is 31.3 Å². The van der Waals surface area contributed by atoms with Gasteiger partial charge in [-0.2, -0.15) is 0 Å². The van der Waals surface area contributed by atoms with Crippen molar-refractivity contribution in [2.75, 3.05) is 19.1 Å². The molecule has 4 radical (unpaired) electrons. The van der Waals surface area contributed by atoms with Crippen LogP contribution in [-0.2, 0) is 9.47 Å². The number of unbranched alkanes of at least 4 members (excludes halogenated alkanes) is 1. The first-order valence-corrected chi connectivity index (χ1v) is 4.50. The monoisotopic (exact) mass is 188 g/mol. The Morgan fingerprint density at radius 1 is 1.42 bits per heavy atom. The van der Waals surface area contributed by atoms with Crippen molar-refractivity contribution in [2.24, 2.45) is 0 Å². The lowest BCUT2D eigenvalue weighted by Gasteiger charge is -2.30. The van der Waals surface area contributed by atoms with Crippen LogP contribution in [0.15, 0.2) is 0 Å². The molecule has 2 atom stereocenters. The standard InChI is InChI=1S/C9H13ClO2/c1-2-3-4-8-9(7-10)12-6-5-11-8/h2-4,8-9H,1,5-7H2/t8-,9+/m1/s1. The van der Waals surface area contributed by atoms with Gasteiger partial charge in [-0.3, -0.25) is 0 Å². The van der Waals surface area contributed by atoms with E-state index in [0.717, 1.165) is 0 Å². The molecule has 0 bridgehead atoms. The third kappa shape index (κ3) is 2.92. The maximum Gasteiger partial charge on any atom is 0.0975 e. The van der Waals surface area contributed by atoms with Gasteiger partial charge in [0.25, 0.3) is 0 Å². The lowest BCUT2D eigenvalue weighted by atomic mass is 10.1. The number of hydrogen-bond donors (Lipinski definition) is 0. The number of rotatable bonds is 4. The lowest BCUT2D eigenvalue weighted by Crippen LogP contribution is -2.40. The summed E-state index contributed by atoms with van der Waals surface area (Å²) in [5, 5.41) is 0. The van der Waals surface area contributed by atoms with Gasteiger partial charge in [0, 0.05) is 0 Å². The highest BCUT2D eigenvalue weighted by Crippen LogP contribution is 2.15. The minimum Gasteiger partial charge on any atom is -0.373 e. The molecule has 1 heterocycles. The summed E-state index contributed by atoms with van der Waals surface area (Å²) in [5.74, 6) is 0.464. The Hall–Kier alpha value is 0.210. The van der Waals surface area contributed by atoms with Gasteiger partial charge in [-0.15, -0.1) is 11.6 Å². The van der Waals surface area contributed by atoms with Gasteiger partial charge in [-0.1, -0.05) is 0 Å². The first-order valence-electron chi connectivity index (χ1n) is 3.97. The second-order valence-electron chi connectivity index (χ2n) is 2.52. The number of hydrogen-bond acceptors (Lipinski definition) is 2. The molecule has 0 aromatic carbocycles. The maximum atomic E-state index is 5.69. The van der Waals surface area contributed by atoms with Gasteiger partial charge in [-0.25, -0.2) is 0 Å². The molecule has 2 nitrogen and oxygen atoms in total. The summed E-state index contributed by atoms with van der Waals surface area (Å²) in [5.41, 5.74) is 0. The minimum absolute atomic E-state index is 0.0170. The van der Waals surface area contributed by atoms with Gasteiger partial charge in [0.15, 0.2) is 0 Å². The highest BCUT2D eigenvalue weighted by Gasteiger charge is 2.25. The van der Waals surface area contributed by atoms with E-state index in [0.29, 0.717) is 19.1 Å². The van der Waals surface area contributed by atoms with Crippen molar-refractivity contribution in [1.29, 1.82) is 0 Å². The quantitative estimate of drug-likeness (QED) is 0.622. The molecule has 1 rings (SSSR count). The van der Waals surface area contributed by atoms with Crippen LogP contribution in [0, 0.1) is 26.2 Å². The van der Waals surface area contributed by atoms with Crippen LogP contribution >= 0.6 is 11.6 Å². The van der Waals surface area contributed by atoms with Crippen LogP contribution in [0.4, 0.5) is 0 Å². The van der Waals surface area contributed by atoms with Crippen LogP contribution in [0.2, 0.25) is 0 Å². The fraction of sp³-hybridized carbons (Fsp3) is 0.556. The molecule has 68 valence electrons. The maximum absolute atomic E-state index is 5.69. The van der Waals surface area contributed by atoms with Crippen LogP contribution in [0.5, 0.6) is 0 Å². The highest BCUT2D eigenvalue weighted by atomic mass is 35.5. The Bertz CT molecular complexity index is 119. The molecule has 0 N–H and O–H groups in total. The zero-order valence-electron chi connectivity index (χ0n) is 6.91. The topological polar surface area (TPSA) is 18.5 Å². The van der Waals surface area contributed by atoms with E-state index in [2.05, 4.69) is 6.92 Å². The fourth-order valence-electron chi connectivity index (χ4n) is 1.09. The molecule has 1 fully saturated rings. The van der Waals surface area contributed by atoms with Crippen molar-refractivity contribution in [3.8, 4) is 0 Å². The van der Waals surface area contributed by atoms with E-state index in [9.17, 15) is 0 Å². The molecule has 3 heteroatoms. The molecule has 1 aliphatic heterocycles. The first-order chi connectivity index (χ1) is 5.88. The van der Waals surface area contributed by atoms with Crippen LogP contribution < -0.4 is 0 Å². The molecule has 0 spiro atoms. The molecular formula is C9H13ClO2. The highest BCUT2D eigenvalue weighted by molar-refractivity contribution is 6.18. The van der Waals surface area contributed by atoms with Gasteiger partial charge >= 0.3 is 0 Å². The SMILES string of the molecule is [CH2][CH][CH][CH][C@H]1OCCO[C@H]1CCl. The summed E-state index contributed by atoms with van der Waals surface area (Å²) in [6.07, 6.45) is 5.44. The molecular weight excluding hydrogens is 176 g/mol. The van der Waals surface area contributed by atoms with Crippen LogP contribution in [0.1, 0.15) is 0 Å². The van der Waals surface area contributed by atoms with Crippen molar-refractivity contribution in [2.45, 2.75) is 12.2 Å². The van der Waals surface area contributed by atoms with Gasteiger partial charge in [0.2, 0.25) is 0 Å². The molecule has 0 aromatic rings. The average molecular weight is 189 g/mol. The fourth-order valence-corrected chi connectivity index (χ4v) is 1.35. The van der Waals surface area contributed by atoms with E-state index in [1.807, 2.05) is 12.8 Å². The average Bonchev–Trinajstić information content (AvgIpc) is 2.15. The number of ether oxygens (including phenoxy) is 2. The second-order valence-corrected chi connectivity index (χ2v) is 2.83.